The van der Waals surface area contributed by atoms with Crippen LogP contribution in [0.1, 0.15) is 88.9 Å². The van der Waals surface area contributed by atoms with Gasteiger partial charge in [0.1, 0.15) is 0 Å². The van der Waals surface area contributed by atoms with Crippen molar-refractivity contribution in [1.29, 1.82) is 0 Å². The average Bonchev–Trinajstić information content (AvgIpc) is 3.24. The fourth-order valence-corrected chi connectivity index (χ4v) is 13.1. The van der Waals surface area contributed by atoms with Gasteiger partial charge in [-0.25, -0.2) is 9.59 Å². The van der Waals surface area contributed by atoms with E-state index >= 15 is 0 Å². The van der Waals surface area contributed by atoms with Gasteiger partial charge in [0.25, 0.3) is 11.8 Å². The van der Waals surface area contributed by atoms with Crippen LogP contribution in [0.5, 0.6) is 0 Å². The molecule has 0 radical (unpaired) electrons. The van der Waals surface area contributed by atoms with Crippen LogP contribution in [-0.4, -0.2) is 51.5 Å². The molecule has 9 heteroatoms. The average molecular weight is 626 g/mol. The normalized spacial score (nSPS) is 13.5. The van der Waals surface area contributed by atoms with Crippen molar-refractivity contribution >= 4 is 51.7 Å². The summed E-state index contributed by atoms with van der Waals surface area (Å²) in [4.78, 5) is 51.0. The van der Waals surface area contributed by atoms with Crippen LogP contribution in [0.2, 0.25) is 24.2 Å². The lowest BCUT2D eigenvalue weighted by atomic mass is 10.2. The standard InChI is InChI=1S/C19H27NO4Si.C15H24O2Si/c1-13(2)11-25(12-14(3)4)16-7-5-15(6-8-16)19(23)24-20-17(21)9-10-18(20)22;1-11(2)9-18(10-12(3)4)14-7-5-13(6-8-14)15(16)17/h5-8,13-14,25H,9-12H2,1-4H3;5-8,11-12,18H,9-10H2,1-4H3,(H,16,17). The first-order chi connectivity index (χ1) is 20.2. The number of carboxylic acids is 1. The van der Waals surface area contributed by atoms with E-state index in [0.717, 1.165) is 11.8 Å². The fourth-order valence-electron chi connectivity index (χ4n) is 5.60. The summed E-state index contributed by atoms with van der Waals surface area (Å²) in [5, 5.41) is 12.3. The van der Waals surface area contributed by atoms with Crippen molar-refractivity contribution in [3.05, 3.63) is 59.7 Å². The van der Waals surface area contributed by atoms with Gasteiger partial charge in [-0.2, -0.15) is 0 Å². The number of hydrogen-bond acceptors (Lipinski definition) is 5. The maximum Gasteiger partial charge on any atom is 0.363 e. The Hall–Kier alpha value is -3.05. The third kappa shape index (κ3) is 12.2. The van der Waals surface area contributed by atoms with Gasteiger partial charge < -0.3 is 9.94 Å². The molecule has 1 heterocycles. The van der Waals surface area contributed by atoms with Gasteiger partial charge in [0.2, 0.25) is 0 Å². The molecule has 1 saturated heterocycles. The first-order valence-corrected chi connectivity index (χ1v) is 20.1. The summed E-state index contributed by atoms with van der Waals surface area (Å²) < 4.78 is 0. The molecule has 0 spiro atoms. The molecule has 0 saturated carbocycles. The maximum atomic E-state index is 12.2. The Bertz CT molecular complexity index is 1170. The molecule has 2 aromatic carbocycles. The summed E-state index contributed by atoms with van der Waals surface area (Å²) in [6, 6.07) is 20.1. The monoisotopic (exact) mass is 625 g/mol. The van der Waals surface area contributed by atoms with Crippen molar-refractivity contribution in [1.82, 2.24) is 5.06 Å². The molecule has 7 nitrogen and oxygen atoms in total. The Balaban J connectivity index is 0.000000317. The van der Waals surface area contributed by atoms with Gasteiger partial charge >= 0.3 is 11.9 Å². The van der Waals surface area contributed by atoms with Crippen molar-refractivity contribution in [2.75, 3.05) is 0 Å². The van der Waals surface area contributed by atoms with Crippen molar-refractivity contribution in [2.24, 2.45) is 23.7 Å². The Morgan fingerprint density at radius 1 is 0.651 bits per heavy atom. The Labute approximate surface area is 261 Å². The van der Waals surface area contributed by atoms with Crippen LogP contribution in [-0.2, 0) is 14.4 Å². The maximum absolute atomic E-state index is 12.2. The van der Waals surface area contributed by atoms with E-state index < -0.39 is 41.3 Å². The molecule has 3 rings (SSSR count). The number of carboxylic acid groups (broad SMARTS) is 1. The quantitative estimate of drug-likeness (QED) is 0.224. The third-order valence-electron chi connectivity index (χ3n) is 7.45. The topological polar surface area (TPSA) is 101 Å². The molecule has 0 unspecified atom stereocenters. The van der Waals surface area contributed by atoms with Gasteiger partial charge in [-0.1, -0.05) is 114 Å². The molecule has 1 aliphatic heterocycles. The number of imide groups is 1. The Kier molecular flexibility index (Phi) is 14.5. The van der Waals surface area contributed by atoms with Crippen LogP contribution in [0.15, 0.2) is 48.5 Å². The second-order valence-electron chi connectivity index (χ2n) is 13.4. The highest BCUT2D eigenvalue weighted by Gasteiger charge is 2.33. The molecule has 1 N–H and O–H groups in total. The van der Waals surface area contributed by atoms with Crippen molar-refractivity contribution in [3.8, 4) is 0 Å². The largest absolute Gasteiger partial charge is 0.478 e. The zero-order valence-electron chi connectivity index (χ0n) is 27.3. The van der Waals surface area contributed by atoms with Crippen molar-refractivity contribution in [2.45, 2.75) is 92.4 Å². The number of rotatable bonds is 13. The summed E-state index contributed by atoms with van der Waals surface area (Å²) >= 11 is 0. The van der Waals surface area contributed by atoms with Crippen molar-refractivity contribution < 1.29 is 29.1 Å². The molecule has 2 amide bonds. The zero-order valence-corrected chi connectivity index (χ0v) is 29.6. The lowest BCUT2D eigenvalue weighted by molar-refractivity contribution is -0.172. The van der Waals surface area contributed by atoms with Gasteiger partial charge in [0.15, 0.2) is 0 Å². The number of hydrogen-bond donors (Lipinski definition) is 1. The highest BCUT2D eigenvalue weighted by Crippen LogP contribution is 2.18. The number of carbonyl (C=O) groups is 4. The molecule has 1 fully saturated rings. The SMILES string of the molecule is CC(C)C[SiH](CC(C)C)c1ccc(C(=O)O)cc1.CC(C)C[SiH](CC(C)C)c1ccc(C(=O)ON2C(=O)CCC2=O)cc1. The first kappa shape index (κ1) is 36.1. The predicted molar refractivity (Wildman–Crippen MR) is 178 cm³/mol. The number of nitrogens with zero attached hydrogens (tertiary/aromatic N) is 1. The Morgan fingerprint density at radius 3 is 1.28 bits per heavy atom. The van der Waals surface area contributed by atoms with Crippen LogP contribution >= 0.6 is 0 Å². The molecule has 0 aromatic heterocycles. The minimum Gasteiger partial charge on any atom is -0.478 e. The number of amides is 2. The summed E-state index contributed by atoms with van der Waals surface area (Å²) in [6.45, 7) is 18.1. The fraction of sp³-hybridized carbons (Fsp3) is 0.529. The highest BCUT2D eigenvalue weighted by atomic mass is 28.3. The molecule has 0 atom stereocenters. The number of benzene rings is 2. The van der Waals surface area contributed by atoms with Crippen LogP contribution < -0.4 is 10.4 Å². The molecule has 236 valence electrons. The number of hydroxylamine groups is 2. The van der Waals surface area contributed by atoms with E-state index in [9.17, 15) is 19.2 Å². The summed E-state index contributed by atoms with van der Waals surface area (Å²) in [7, 11) is -2.03. The lowest BCUT2D eigenvalue weighted by Crippen LogP contribution is -2.33. The smallest absolute Gasteiger partial charge is 0.363 e. The summed E-state index contributed by atoms with van der Waals surface area (Å²) in [5.74, 6) is 0.333. The number of carbonyl (C=O) groups excluding carboxylic acids is 3. The second kappa shape index (κ2) is 17.3. The molecule has 0 bridgehead atoms. The second-order valence-corrected chi connectivity index (χ2v) is 19.4. The third-order valence-corrected chi connectivity index (χ3v) is 16.2. The van der Waals surface area contributed by atoms with E-state index in [0.29, 0.717) is 28.0 Å². The van der Waals surface area contributed by atoms with Crippen LogP contribution in [0.4, 0.5) is 0 Å². The van der Waals surface area contributed by atoms with Gasteiger partial charge in [-0.3, -0.25) is 9.59 Å². The molecular formula is C34H51NO6Si2. The minimum absolute atomic E-state index is 0.0999. The van der Waals surface area contributed by atoms with E-state index in [2.05, 4.69) is 55.4 Å². The van der Waals surface area contributed by atoms with Crippen LogP contribution in [0.25, 0.3) is 0 Å². The van der Waals surface area contributed by atoms with Gasteiger partial charge in [-0.05, 0) is 47.9 Å². The molecule has 43 heavy (non-hydrogen) atoms. The summed E-state index contributed by atoms with van der Waals surface area (Å²) in [5.41, 5.74) is 0.749. The molecular weight excluding hydrogens is 575 g/mol. The van der Waals surface area contributed by atoms with Crippen molar-refractivity contribution in [3.63, 3.8) is 0 Å². The minimum atomic E-state index is -1.08. The van der Waals surface area contributed by atoms with E-state index in [4.69, 9.17) is 9.94 Å². The zero-order chi connectivity index (χ0) is 32.3. The molecule has 2 aromatic rings. The molecule has 0 aliphatic carbocycles. The van der Waals surface area contributed by atoms with Gasteiger partial charge in [0, 0.05) is 12.8 Å². The van der Waals surface area contributed by atoms with E-state index in [1.54, 1.807) is 24.3 Å². The number of aromatic carboxylic acids is 1. The lowest BCUT2D eigenvalue weighted by Gasteiger charge is -2.20. The van der Waals surface area contributed by atoms with E-state index in [1.165, 1.54) is 34.5 Å². The Morgan fingerprint density at radius 2 is 0.977 bits per heavy atom. The summed E-state index contributed by atoms with van der Waals surface area (Å²) in [6.07, 6.45) is 0.200. The first-order valence-electron chi connectivity index (χ1n) is 15.7. The molecule has 1 aliphatic rings. The highest BCUT2D eigenvalue weighted by molar-refractivity contribution is 6.73. The van der Waals surface area contributed by atoms with Crippen LogP contribution in [0.3, 0.4) is 0 Å². The predicted octanol–water partition coefficient (Wildman–Crippen LogP) is 5.78. The van der Waals surface area contributed by atoms with Gasteiger partial charge in [-0.15, -0.1) is 5.06 Å². The van der Waals surface area contributed by atoms with Crippen LogP contribution in [0, 0.1) is 23.7 Å². The van der Waals surface area contributed by atoms with Gasteiger partial charge in [0.05, 0.1) is 28.7 Å². The van der Waals surface area contributed by atoms with E-state index in [1.807, 2.05) is 24.3 Å². The van der Waals surface area contributed by atoms with E-state index in [-0.39, 0.29) is 12.8 Å².